The average molecular weight is 382 g/mol. The molecule has 4 aromatic rings. The van der Waals surface area contributed by atoms with Crippen LogP contribution in [0.25, 0.3) is 16.7 Å². The number of benzene rings is 2. The molecule has 2 heterocycles. The summed E-state index contributed by atoms with van der Waals surface area (Å²) in [5.41, 5.74) is 2.79. The van der Waals surface area contributed by atoms with Gasteiger partial charge in [-0.2, -0.15) is 0 Å². The van der Waals surface area contributed by atoms with E-state index in [1.165, 1.54) is 23.3 Å². The Balaban J connectivity index is 1.85. The molecule has 0 spiro atoms. The highest BCUT2D eigenvalue weighted by Crippen LogP contribution is 2.25. The molecule has 5 nitrogen and oxygen atoms in total. The fraction of sp³-hybridized carbons (Fsp3) is 0.250. The van der Waals surface area contributed by atoms with E-state index in [1.807, 2.05) is 11.3 Å². The molecule has 0 aliphatic heterocycles. The average Bonchev–Trinajstić information content (AvgIpc) is 3.08. The number of fused-ring (bicyclic) bond motifs is 3. The van der Waals surface area contributed by atoms with Gasteiger partial charge in [0.15, 0.2) is 5.16 Å². The maximum absolute atomic E-state index is 13.8. The molecule has 0 N–H and O–H groups in total. The lowest BCUT2D eigenvalue weighted by molar-refractivity contribution is 0.627. The fourth-order valence-corrected chi connectivity index (χ4v) is 4.01. The van der Waals surface area contributed by atoms with Gasteiger partial charge < -0.3 is 0 Å². The van der Waals surface area contributed by atoms with Crippen LogP contribution < -0.4 is 5.56 Å². The van der Waals surface area contributed by atoms with Gasteiger partial charge in [0.05, 0.1) is 10.9 Å². The van der Waals surface area contributed by atoms with Gasteiger partial charge in [-0.15, -0.1) is 10.2 Å². The van der Waals surface area contributed by atoms with Gasteiger partial charge in [-0.25, -0.2) is 4.39 Å². The third-order valence-electron chi connectivity index (χ3n) is 4.47. The minimum absolute atomic E-state index is 0.235. The van der Waals surface area contributed by atoms with Crippen LogP contribution in [0.2, 0.25) is 0 Å². The predicted octanol–water partition coefficient (Wildman–Crippen LogP) is 4.19. The number of thioether (sulfide) groups is 1. The molecule has 0 bridgehead atoms. The SMILES string of the molecule is CCCn1c(=O)c2cc(F)ccc2n2c(SCc3ccc(C)cc3)nnc12. The molecule has 0 saturated heterocycles. The van der Waals surface area contributed by atoms with Crippen molar-refractivity contribution in [2.24, 2.45) is 0 Å². The molecular weight excluding hydrogens is 363 g/mol. The Hall–Kier alpha value is -2.67. The summed E-state index contributed by atoms with van der Waals surface area (Å²) in [7, 11) is 0. The number of rotatable bonds is 5. The maximum Gasteiger partial charge on any atom is 0.262 e. The number of aryl methyl sites for hydroxylation is 2. The predicted molar refractivity (Wildman–Crippen MR) is 106 cm³/mol. The molecule has 0 amide bonds. The van der Waals surface area contributed by atoms with Crippen molar-refractivity contribution in [3.05, 3.63) is 69.8 Å². The lowest BCUT2D eigenvalue weighted by atomic mass is 10.2. The monoisotopic (exact) mass is 382 g/mol. The Labute approximate surface area is 159 Å². The summed E-state index contributed by atoms with van der Waals surface area (Å²) < 4.78 is 17.2. The molecule has 0 unspecified atom stereocenters. The minimum Gasteiger partial charge on any atom is -0.276 e. The van der Waals surface area contributed by atoms with Gasteiger partial charge in [-0.1, -0.05) is 48.5 Å². The first-order valence-corrected chi connectivity index (χ1v) is 9.82. The Kier molecular flexibility index (Phi) is 4.70. The van der Waals surface area contributed by atoms with Crippen LogP contribution in [-0.4, -0.2) is 19.2 Å². The Morgan fingerprint density at radius 3 is 2.63 bits per heavy atom. The van der Waals surface area contributed by atoms with E-state index in [9.17, 15) is 9.18 Å². The number of nitrogens with zero attached hydrogens (tertiary/aromatic N) is 4. The van der Waals surface area contributed by atoms with Gasteiger partial charge in [-0.3, -0.25) is 13.8 Å². The highest BCUT2D eigenvalue weighted by atomic mass is 32.2. The van der Waals surface area contributed by atoms with Crippen molar-refractivity contribution in [3.8, 4) is 0 Å². The van der Waals surface area contributed by atoms with Crippen molar-refractivity contribution < 1.29 is 4.39 Å². The van der Waals surface area contributed by atoms with Gasteiger partial charge in [-0.05, 0) is 37.1 Å². The summed E-state index contributed by atoms with van der Waals surface area (Å²) in [4.78, 5) is 12.8. The molecule has 0 radical (unpaired) electrons. The summed E-state index contributed by atoms with van der Waals surface area (Å²) in [6.07, 6.45) is 0.773. The first-order valence-electron chi connectivity index (χ1n) is 8.84. The van der Waals surface area contributed by atoms with Crippen LogP contribution in [0.3, 0.4) is 0 Å². The van der Waals surface area contributed by atoms with Gasteiger partial charge in [0.25, 0.3) is 5.56 Å². The van der Waals surface area contributed by atoms with Crippen molar-refractivity contribution in [2.45, 2.75) is 37.7 Å². The van der Waals surface area contributed by atoms with Gasteiger partial charge >= 0.3 is 0 Å². The highest BCUT2D eigenvalue weighted by molar-refractivity contribution is 7.98. The normalized spacial score (nSPS) is 11.5. The van der Waals surface area contributed by atoms with Gasteiger partial charge in [0.2, 0.25) is 5.78 Å². The van der Waals surface area contributed by atoms with Crippen LogP contribution in [0.1, 0.15) is 24.5 Å². The molecule has 0 aliphatic rings. The molecule has 2 aromatic carbocycles. The lowest BCUT2D eigenvalue weighted by Crippen LogP contribution is -2.23. The highest BCUT2D eigenvalue weighted by Gasteiger charge is 2.17. The molecule has 4 rings (SSSR count). The smallest absolute Gasteiger partial charge is 0.262 e. The number of hydrogen-bond donors (Lipinski definition) is 0. The first-order chi connectivity index (χ1) is 13.1. The van der Waals surface area contributed by atoms with E-state index in [-0.39, 0.29) is 5.56 Å². The summed E-state index contributed by atoms with van der Waals surface area (Å²) >= 11 is 1.55. The second kappa shape index (κ2) is 7.15. The van der Waals surface area contributed by atoms with E-state index < -0.39 is 5.82 Å². The van der Waals surface area contributed by atoms with E-state index in [4.69, 9.17) is 0 Å². The third kappa shape index (κ3) is 3.23. The minimum atomic E-state index is -0.427. The molecule has 2 aromatic heterocycles. The summed E-state index contributed by atoms with van der Waals surface area (Å²) in [5, 5.41) is 9.59. The topological polar surface area (TPSA) is 52.2 Å². The quantitative estimate of drug-likeness (QED) is 0.486. The number of hydrogen-bond acceptors (Lipinski definition) is 4. The zero-order valence-corrected chi connectivity index (χ0v) is 16.0. The summed E-state index contributed by atoms with van der Waals surface area (Å²) in [6, 6.07) is 12.6. The Morgan fingerprint density at radius 1 is 1.11 bits per heavy atom. The number of aromatic nitrogens is 4. The Morgan fingerprint density at radius 2 is 1.89 bits per heavy atom. The molecule has 0 aliphatic carbocycles. The third-order valence-corrected chi connectivity index (χ3v) is 5.47. The van der Waals surface area contributed by atoms with Crippen molar-refractivity contribution in [1.82, 2.24) is 19.2 Å². The molecule has 0 saturated carbocycles. The van der Waals surface area contributed by atoms with Crippen molar-refractivity contribution in [1.29, 1.82) is 0 Å². The van der Waals surface area contributed by atoms with Crippen LogP contribution in [0.5, 0.6) is 0 Å². The zero-order chi connectivity index (χ0) is 19.0. The molecule has 0 fully saturated rings. The first kappa shape index (κ1) is 17.7. The second-order valence-electron chi connectivity index (χ2n) is 6.51. The second-order valence-corrected chi connectivity index (χ2v) is 7.45. The van der Waals surface area contributed by atoms with Crippen LogP contribution in [0, 0.1) is 12.7 Å². The summed E-state index contributed by atoms with van der Waals surface area (Å²) in [5.74, 6) is 0.799. The van der Waals surface area contributed by atoms with Crippen molar-refractivity contribution in [2.75, 3.05) is 0 Å². The molecule has 138 valence electrons. The summed E-state index contributed by atoms with van der Waals surface area (Å²) in [6.45, 7) is 4.55. The standard InChI is InChI=1S/C20H19FN4OS/c1-3-10-24-18(26)16-11-15(21)8-9-17(16)25-19(24)22-23-20(25)27-12-14-6-4-13(2)5-7-14/h4-9,11H,3,10,12H2,1-2H3. The van der Waals surface area contributed by atoms with Gasteiger partial charge in [0.1, 0.15) is 5.82 Å². The molecule has 0 atom stereocenters. The van der Waals surface area contributed by atoms with E-state index in [0.29, 0.717) is 28.4 Å². The maximum atomic E-state index is 13.8. The van der Waals surface area contributed by atoms with Crippen molar-refractivity contribution >= 4 is 28.4 Å². The van der Waals surface area contributed by atoms with E-state index in [2.05, 4.69) is 41.4 Å². The lowest BCUT2D eigenvalue weighted by Gasteiger charge is -2.10. The van der Waals surface area contributed by atoms with Gasteiger partial charge in [0, 0.05) is 12.3 Å². The molecule has 27 heavy (non-hydrogen) atoms. The van der Waals surface area contributed by atoms with Crippen LogP contribution in [0.4, 0.5) is 4.39 Å². The Bertz CT molecular complexity index is 1180. The van der Waals surface area contributed by atoms with E-state index >= 15 is 0 Å². The fourth-order valence-electron chi connectivity index (χ4n) is 3.11. The molecule has 7 heteroatoms. The van der Waals surface area contributed by atoms with Crippen molar-refractivity contribution in [3.63, 3.8) is 0 Å². The number of halogens is 1. The van der Waals surface area contributed by atoms with Crippen LogP contribution >= 0.6 is 11.8 Å². The van der Waals surface area contributed by atoms with Crippen LogP contribution in [0.15, 0.2) is 52.4 Å². The zero-order valence-electron chi connectivity index (χ0n) is 15.1. The van der Waals surface area contributed by atoms with E-state index in [1.54, 1.807) is 22.4 Å². The van der Waals surface area contributed by atoms with Crippen LogP contribution in [-0.2, 0) is 12.3 Å². The molecular formula is C20H19FN4OS. The van der Waals surface area contributed by atoms with E-state index in [0.717, 1.165) is 12.2 Å². The largest absolute Gasteiger partial charge is 0.276 e.